The maximum absolute atomic E-state index is 11.6. The molecule has 5 N–H and O–H groups in total. The molecular formula is C14H19Cl2N3O5. The molecule has 0 bridgehead atoms. The summed E-state index contributed by atoms with van der Waals surface area (Å²) >= 11 is 6.09. The molecule has 0 aromatic heterocycles. The number of aliphatic hydroxyl groups excluding tert-OH is 1. The van der Waals surface area contributed by atoms with Crippen molar-refractivity contribution in [1.82, 2.24) is 10.6 Å². The lowest BCUT2D eigenvalue weighted by molar-refractivity contribution is -0.125. The van der Waals surface area contributed by atoms with Crippen molar-refractivity contribution in [3.8, 4) is 11.5 Å². The fraction of sp³-hybridized carbons (Fsp3) is 0.429. The Kier molecular flexibility index (Phi) is 8.06. The minimum absolute atomic E-state index is 0. The van der Waals surface area contributed by atoms with Gasteiger partial charge in [-0.25, -0.2) is 0 Å². The molecule has 1 unspecified atom stereocenters. The lowest BCUT2D eigenvalue weighted by Crippen LogP contribution is -2.40. The third-order valence-corrected chi connectivity index (χ3v) is 3.41. The van der Waals surface area contributed by atoms with Crippen LogP contribution in [0.25, 0.3) is 0 Å². The monoisotopic (exact) mass is 379 g/mol. The van der Waals surface area contributed by atoms with Gasteiger partial charge in [0, 0.05) is 6.54 Å². The zero-order valence-electron chi connectivity index (χ0n) is 12.7. The first-order valence-corrected chi connectivity index (χ1v) is 7.39. The van der Waals surface area contributed by atoms with Crippen LogP contribution in [0.2, 0.25) is 5.02 Å². The summed E-state index contributed by atoms with van der Waals surface area (Å²) in [6, 6.07) is 3.18. The van der Waals surface area contributed by atoms with Crippen molar-refractivity contribution in [2.75, 3.05) is 32.8 Å². The lowest BCUT2D eigenvalue weighted by Gasteiger charge is -2.21. The molecule has 10 heteroatoms. The van der Waals surface area contributed by atoms with E-state index in [-0.39, 0.29) is 32.0 Å². The Bertz CT molecular complexity index is 600. The fourth-order valence-corrected chi connectivity index (χ4v) is 2.24. The van der Waals surface area contributed by atoms with Crippen LogP contribution in [0.3, 0.4) is 0 Å². The molecule has 8 nitrogen and oxygen atoms in total. The lowest BCUT2D eigenvalue weighted by atomic mass is 10.1. The molecule has 0 spiro atoms. The second-order valence-corrected chi connectivity index (χ2v) is 5.23. The van der Waals surface area contributed by atoms with Gasteiger partial charge in [-0.15, -0.1) is 12.4 Å². The van der Waals surface area contributed by atoms with Crippen molar-refractivity contribution >= 4 is 35.8 Å². The molecule has 1 heterocycles. The van der Waals surface area contributed by atoms with E-state index < -0.39 is 17.9 Å². The van der Waals surface area contributed by atoms with Gasteiger partial charge in [0.05, 0.1) is 24.2 Å². The molecule has 1 aliphatic heterocycles. The van der Waals surface area contributed by atoms with Crippen LogP contribution in [0.1, 0.15) is 11.7 Å². The highest BCUT2D eigenvalue weighted by Crippen LogP contribution is 2.39. The van der Waals surface area contributed by atoms with Gasteiger partial charge in [0.2, 0.25) is 11.8 Å². The third-order valence-electron chi connectivity index (χ3n) is 3.13. The van der Waals surface area contributed by atoms with Crippen LogP contribution in [0, 0.1) is 0 Å². The van der Waals surface area contributed by atoms with Crippen molar-refractivity contribution < 1.29 is 24.2 Å². The summed E-state index contributed by atoms with van der Waals surface area (Å²) in [5.74, 6) is 0.0375. The van der Waals surface area contributed by atoms with Crippen LogP contribution < -0.4 is 25.8 Å². The number of nitrogens with two attached hydrogens (primary N) is 1. The van der Waals surface area contributed by atoms with Gasteiger partial charge in [0.25, 0.3) is 0 Å². The quantitative estimate of drug-likeness (QED) is 0.540. The molecule has 0 aliphatic carbocycles. The van der Waals surface area contributed by atoms with Crippen molar-refractivity contribution in [1.29, 1.82) is 0 Å². The first-order chi connectivity index (χ1) is 11.0. The van der Waals surface area contributed by atoms with E-state index in [1.165, 1.54) is 0 Å². The molecule has 2 amide bonds. The number of nitrogens with one attached hydrogen (secondary N) is 2. The summed E-state index contributed by atoms with van der Waals surface area (Å²) in [7, 11) is 0. The second-order valence-electron chi connectivity index (χ2n) is 4.83. The number of carbonyl (C=O) groups is 2. The van der Waals surface area contributed by atoms with Crippen molar-refractivity contribution in [2.24, 2.45) is 5.73 Å². The number of amides is 2. The van der Waals surface area contributed by atoms with Gasteiger partial charge in [0.1, 0.15) is 13.2 Å². The van der Waals surface area contributed by atoms with Crippen molar-refractivity contribution in [3.05, 3.63) is 22.7 Å². The first kappa shape index (κ1) is 20.3. The van der Waals surface area contributed by atoms with Crippen LogP contribution in [-0.4, -0.2) is 49.8 Å². The first-order valence-electron chi connectivity index (χ1n) is 7.02. The van der Waals surface area contributed by atoms with Crippen LogP contribution in [-0.2, 0) is 9.59 Å². The van der Waals surface area contributed by atoms with E-state index in [0.29, 0.717) is 35.3 Å². The Labute approximate surface area is 150 Å². The fourth-order valence-electron chi connectivity index (χ4n) is 1.97. The molecule has 1 aromatic carbocycles. The molecule has 1 atom stereocenters. The van der Waals surface area contributed by atoms with E-state index in [1.807, 2.05) is 0 Å². The van der Waals surface area contributed by atoms with Gasteiger partial charge < -0.3 is 30.9 Å². The van der Waals surface area contributed by atoms with Crippen LogP contribution in [0.4, 0.5) is 0 Å². The summed E-state index contributed by atoms with van der Waals surface area (Å²) in [6.07, 6.45) is -0.975. The molecule has 1 aromatic rings. The van der Waals surface area contributed by atoms with E-state index >= 15 is 0 Å². The van der Waals surface area contributed by atoms with E-state index in [1.54, 1.807) is 12.1 Å². The van der Waals surface area contributed by atoms with Gasteiger partial charge >= 0.3 is 0 Å². The van der Waals surface area contributed by atoms with Gasteiger partial charge in [-0.05, 0) is 17.7 Å². The predicted octanol–water partition coefficient (Wildman–Crippen LogP) is -0.243. The average Bonchev–Trinajstić information content (AvgIpc) is 2.57. The number of benzene rings is 1. The largest absolute Gasteiger partial charge is 0.486 e. The number of fused-ring (bicyclic) bond motifs is 1. The highest BCUT2D eigenvalue weighted by molar-refractivity contribution is 6.32. The topological polar surface area (TPSA) is 123 Å². The van der Waals surface area contributed by atoms with E-state index in [2.05, 4.69) is 10.6 Å². The minimum atomic E-state index is -0.975. The number of ether oxygens (including phenoxy) is 2. The van der Waals surface area contributed by atoms with Crippen LogP contribution in [0.5, 0.6) is 11.5 Å². The third kappa shape index (κ3) is 5.41. The molecule has 1 aliphatic rings. The Morgan fingerprint density at radius 3 is 2.67 bits per heavy atom. The summed E-state index contributed by atoms with van der Waals surface area (Å²) in [5.41, 5.74) is 5.60. The molecule has 24 heavy (non-hydrogen) atoms. The normalized spacial score (nSPS) is 13.5. The predicted molar refractivity (Wildman–Crippen MR) is 89.7 cm³/mol. The van der Waals surface area contributed by atoms with Crippen molar-refractivity contribution in [2.45, 2.75) is 6.10 Å². The molecule has 134 valence electrons. The molecule has 0 radical (unpaired) electrons. The maximum Gasteiger partial charge on any atom is 0.239 e. The summed E-state index contributed by atoms with van der Waals surface area (Å²) in [6.45, 7) is 0.392. The van der Waals surface area contributed by atoms with E-state index in [9.17, 15) is 14.7 Å². The van der Waals surface area contributed by atoms with Gasteiger partial charge in [-0.1, -0.05) is 11.6 Å². The number of aliphatic hydroxyl groups is 1. The molecule has 0 saturated heterocycles. The highest BCUT2D eigenvalue weighted by atomic mass is 35.5. The molecule has 0 saturated carbocycles. The SMILES string of the molecule is Cl.NCC(=O)NCC(=O)NCC(O)c1cc(Cl)c2c(c1)OCCO2. The van der Waals surface area contributed by atoms with E-state index in [4.69, 9.17) is 26.8 Å². The second kappa shape index (κ2) is 9.53. The van der Waals surface area contributed by atoms with Crippen LogP contribution >= 0.6 is 24.0 Å². The smallest absolute Gasteiger partial charge is 0.239 e. The molecule has 2 rings (SSSR count). The summed E-state index contributed by atoms with van der Waals surface area (Å²) in [5, 5.41) is 15.3. The Morgan fingerprint density at radius 1 is 1.25 bits per heavy atom. The zero-order valence-corrected chi connectivity index (χ0v) is 14.3. The average molecular weight is 380 g/mol. The van der Waals surface area contributed by atoms with E-state index in [0.717, 1.165) is 0 Å². The molecule has 0 fully saturated rings. The number of hydrogen-bond acceptors (Lipinski definition) is 6. The summed E-state index contributed by atoms with van der Waals surface area (Å²) < 4.78 is 10.8. The summed E-state index contributed by atoms with van der Waals surface area (Å²) in [4.78, 5) is 22.5. The number of rotatable bonds is 6. The number of halogens is 2. The number of carbonyl (C=O) groups excluding carboxylic acids is 2. The Morgan fingerprint density at radius 2 is 1.96 bits per heavy atom. The Balaban J connectivity index is 0.00000288. The standard InChI is InChI=1S/C14H18ClN3O5.ClH/c15-9-3-8(4-11-14(9)23-2-1-22-11)10(19)6-17-13(21)7-18-12(20)5-16;/h3-4,10,19H,1-2,5-7,16H2,(H,17,21)(H,18,20);1H. The van der Waals surface area contributed by atoms with Crippen molar-refractivity contribution in [3.63, 3.8) is 0 Å². The van der Waals surface area contributed by atoms with Gasteiger partial charge in [0.15, 0.2) is 11.5 Å². The maximum atomic E-state index is 11.6. The zero-order chi connectivity index (χ0) is 16.8. The number of hydrogen-bond donors (Lipinski definition) is 4. The molecular weight excluding hydrogens is 361 g/mol. The highest BCUT2D eigenvalue weighted by Gasteiger charge is 2.19. The Hall–Kier alpha value is -1.74. The van der Waals surface area contributed by atoms with Crippen LogP contribution in [0.15, 0.2) is 12.1 Å². The minimum Gasteiger partial charge on any atom is -0.486 e. The van der Waals surface area contributed by atoms with Gasteiger partial charge in [-0.2, -0.15) is 0 Å². The van der Waals surface area contributed by atoms with Gasteiger partial charge in [-0.3, -0.25) is 9.59 Å².